The minimum atomic E-state index is -0.135. The molecule has 0 aliphatic carbocycles. The SMILES string of the molecule is CC(C)n1cc(C(=O)Nc2ccn(C)n2)c2ccccc21. The van der Waals surface area contributed by atoms with E-state index in [0.29, 0.717) is 17.4 Å². The molecule has 0 spiro atoms. The maximum absolute atomic E-state index is 12.5. The van der Waals surface area contributed by atoms with Gasteiger partial charge in [0.2, 0.25) is 0 Å². The molecular weight excluding hydrogens is 264 g/mol. The predicted molar refractivity (Wildman–Crippen MR) is 83.5 cm³/mol. The zero-order valence-electron chi connectivity index (χ0n) is 12.4. The largest absolute Gasteiger partial charge is 0.344 e. The first-order valence-corrected chi connectivity index (χ1v) is 6.97. The van der Waals surface area contributed by atoms with E-state index in [2.05, 4.69) is 28.8 Å². The summed E-state index contributed by atoms with van der Waals surface area (Å²) in [5.41, 5.74) is 1.74. The number of aryl methyl sites for hydroxylation is 1. The molecule has 0 atom stereocenters. The van der Waals surface area contributed by atoms with Crippen molar-refractivity contribution in [2.24, 2.45) is 7.05 Å². The molecule has 0 saturated heterocycles. The molecule has 1 amide bonds. The van der Waals surface area contributed by atoms with E-state index in [4.69, 9.17) is 0 Å². The maximum atomic E-state index is 12.5. The van der Waals surface area contributed by atoms with Crippen LogP contribution in [-0.2, 0) is 7.05 Å². The highest BCUT2D eigenvalue weighted by Crippen LogP contribution is 2.25. The van der Waals surface area contributed by atoms with Gasteiger partial charge in [0.1, 0.15) is 0 Å². The van der Waals surface area contributed by atoms with Crippen molar-refractivity contribution in [1.82, 2.24) is 14.3 Å². The second kappa shape index (κ2) is 5.09. The Bertz CT molecular complexity index is 798. The number of carbonyl (C=O) groups is 1. The zero-order valence-corrected chi connectivity index (χ0v) is 12.4. The fraction of sp³-hybridized carbons (Fsp3) is 0.250. The molecule has 0 aliphatic rings. The standard InChI is InChI=1S/C16H18N4O/c1-11(2)20-10-13(12-6-4-5-7-14(12)20)16(21)17-15-8-9-19(3)18-15/h4-11H,1-3H3,(H,17,18,21). The van der Waals surface area contributed by atoms with E-state index >= 15 is 0 Å². The molecule has 0 aliphatic heterocycles. The van der Waals surface area contributed by atoms with E-state index in [1.165, 1.54) is 0 Å². The number of para-hydroxylation sites is 1. The number of carbonyl (C=O) groups excluding carboxylic acids is 1. The van der Waals surface area contributed by atoms with Gasteiger partial charge in [-0.2, -0.15) is 5.10 Å². The van der Waals surface area contributed by atoms with Crippen molar-refractivity contribution in [1.29, 1.82) is 0 Å². The molecule has 0 fully saturated rings. The van der Waals surface area contributed by atoms with Crippen molar-refractivity contribution in [3.8, 4) is 0 Å². The lowest BCUT2D eigenvalue weighted by molar-refractivity contribution is 0.102. The molecule has 21 heavy (non-hydrogen) atoms. The average Bonchev–Trinajstić information content (AvgIpc) is 3.02. The van der Waals surface area contributed by atoms with E-state index in [1.807, 2.05) is 37.5 Å². The van der Waals surface area contributed by atoms with Crippen molar-refractivity contribution >= 4 is 22.6 Å². The third-order valence-corrected chi connectivity index (χ3v) is 3.50. The first-order valence-electron chi connectivity index (χ1n) is 6.97. The van der Waals surface area contributed by atoms with Gasteiger partial charge >= 0.3 is 0 Å². The van der Waals surface area contributed by atoms with Gasteiger partial charge in [0.05, 0.1) is 5.56 Å². The van der Waals surface area contributed by atoms with E-state index in [0.717, 1.165) is 10.9 Å². The molecule has 3 rings (SSSR count). The fourth-order valence-corrected chi connectivity index (χ4v) is 2.48. The summed E-state index contributed by atoms with van der Waals surface area (Å²) in [5.74, 6) is 0.424. The first kappa shape index (κ1) is 13.4. The molecule has 2 heterocycles. The van der Waals surface area contributed by atoms with E-state index in [1.54, 1.807) is 16.9 Å². The van der Waals surface area contributed by atoms with Crippen molar-refractivity contribution in [2.45, 2.75) is 19.9 Å². The molecule has 1 N–H and O–H groups in total. The third-order valence-electron chi connectivity index (χ3n) is 3.50. The summed E-state index contributed by atoms with van der Waals surface area (Å²) < 4.78 is 3.77. The molecule has 1 aromatic carbocycles. The van der Waals surface area contributed by atoms with Crippen LogP contribution >= 0.6 is 0 Å². The van der Waals surface area contributed by atoms with Crippen LogP contribution in [0.4, 0.5) is 5.82 Å². The zero-order chi connectivity index (χ0) is 15.0. The van der Waals surface area contributed by atoms with Crippen LogP contribution in [0.25, 0.3) is 10.9 Å². The normalized spacial score (nSPS) is 11.2. The number of amides is 1. The van der Waals surface area contributed by atoms with Gasteiger partial charge in [-0.15, -0.1) is 0 Å². The number of benzene rings is 1. The summed E-state index contributed by atoms with van der Waals surface area (Å²) in [5, 5.41) is 7.97. The Balaban J connectivity index is 2.01. The average molecular weight is 282 g/mol. The summed E-state index contributed by atoms with van der Waals surface area (Å²) in [6.45, 7) is 4.21. The fourth-order valence-electron chi connectivity index (χ4n) is 2.48. The Morgan fingerprint density at radius 2 is 2.00 bits per heavy atom. The monoisotopic (exact) mass is 282 g/mol. The number of nitrogens with one attached hydrogen (secondary N) is 1. The van der Waals surface area contributed by atoms with Crippen LogP contribution < -0.4 is 5.32 Å². The van der Waals surface area contributed by atoms with Crippen LogP contribution in [0.15, 0.2) is 42.7 Å². The second-order valence-electron chi connectivity index (χ2n) is 5.39. The molecule has 0 saturated carbocycles. The van der Waals surface area contributed by atoms with Crippen LogP contribution in [0.5, 0.6) is 0 Å². The lowest BCUT2D eigenvalue weighted by Gasteiger charge is -2.08. The Labute approximate surface area is 123 Å². The van der Waals surface area contributed by atoms with Crippen molar-refractivity contribution in [3.63, 3.8) is 0 Å². The summed E-state index contributed by atoms with van der Waals surface area (Å²) in [6, 6.07) is 10.0. The van der Waals surface area contributed by atoms with Crippen molar-refractivity contribution in [2.75, 3.05) is 5.32 Å². The molecule has 108 valence electrons. The second-order valence-corrected chi connectivity index (χ2v) is 5.39. The van der Waals surface area contributed by atoms with Crippen LogP contribution in [-0.4, -0.2) is 20.3 Å². The van der Waals surface area contributed by atoms with Gasteiger partial charge in [0, 0.05) is 42.5 Å². The van der Waals surface area contributed by atoms with Gasteiger partial charge in [0.15, 0.2) is 5.82 Å². The van der Waals surface area contributed by atoms with Crippen LogP contribution in [0.1, 0.15) is 30.2 Å². The number of fused-ring (bicyclic) bond motifs is 1. The summed E-state index contributed by atoms with van der Waals surface area (Å²) in [6.07, 6.45) is 3.71. The molecule has 2 aromatic heterocycles. The van der Waals surface area contributed by atoms with Gasteiger partial charge in [-0.05, 0) is 19.9 Å². The minimum absolute atomic E-state index is 0.135. The minimum Gasteiger partial charge on any atom is -0.344 e. The molecule has 5 nitrogen and oxygen atoms in total. The number of nitrogens with zero attached hydrogens (tertiary/aromatic N) is 3. The number of aromatic nitrogens is 3. The summed E-state index contributed by atoms with van der Waals surface area (Å²) in [4.78, 5) is 12.5. The Morgan fingerprint density at radius 3 is 2.67 bits per heavy atom. The van der Waals surface area contributed by atoms with Crippen LogP contribution in [0.2, 0.25) is 0 Å². The van der Waals surface area contributed by atoms with Crippen molar-refractivity contribution < 1.29 is 4.79 Å². The topological polar surface area (TPSA) is 51.9 Å². The number of hydrogen-bond donors (Lipinski definition) is 1. The number of anilines is 1. The highest BCUT2D eigenvalue weighted by molar-refractivity contribution is 6.12. The van der Waals surface area contributed by atoms with Crippen LogP contribution in [0.3, 0.4) is 0 Å². The first-order chi connectivity index (χ1) is 10.1. The van der Waals surface area contributed by atoms with E-state index in [9.17, 15) is 4.79 Å². The Hall–Kier alpha value is -2.56. The molecular formula is C16H18N4O. The van der Waals surface area contributed by atoms with E-state index < -0.39 is 0 Å². The Kier molecular flexibility index (Phi) is 3.25. The molecule has 5 heteroatoms. The quantitative estimate of drug-likeness (QED) is 0.802. The van der Waals surface area contributed by atoms with Crippen LogP contribution in [0, 0.1) is 0 Å². The molecule has 0 bridgehead atoms. The number of hydrogen-bond acceptors (Lipinski definition) is 2. The van der Waals surface area contributed by atoms with Crippen molar-refractivity contribution in [3.05, 3.63) is 48.3 Å². The van der Waals surface area contributed by atoms with Gasteiger partial charge in [0.25, 0.3) is 5.91 Å². The maximum Gasteiger partial charge on any atom is 0.259 e. The number of rotatable bonds is 3. The third kappa shape index (κ3) is 2.42. The molecule has 0 unspecified atom stereocenters. The summed E-state index contributed by atoms with van der Waals surface area (Å²) >= 11 is 0. The molecule has 0 radical (unpaired) electrons. The summed E-state index contributed by atoms with van der Waals surface area (Å²) in [7, 11) is 1.82. The van der Waals surface area contributed by atoms with Gasteiger partial charge in [-0.3, -0.25) is 9.48 Å². The highest BCUT2D eigenvalue weighted by atomic mass is 16.1. The predicted octanol–water partition coefficient (Wildman–Crippen LogP) is 3.21. The smallest absolute Gasteiger partial charge is 0.259 e. The molecule has 3 aromatic rings. The Morgan fingerprint density at radius 1 is 1.24 bits per heavy atom. The van der Waals surface area contributed by atoms with Gasteiger partial charge in [-0.1, -0.05) is 18.2 Å². The lowest BCUT2D eigenvalue weighted by atomic mass is 10.1. The lowest BCUT2D eigenvalue weighted by Crippen LogP contribution is -2.12. The highest BCUT2D eigenvalue weighted by Gasteiger charge is 2.16. The van der Waals surface area contributed by atoms with Gasteiger partial charge < -0.3 is 9.88 Å². The van der Waals surface area contributed by atoms with Gasteiger partial charge in [-0.25, -0.2) is 0 Å². The van der Waals surface area contributed by atoms with E-state index in [-0.39, 0.29) is 5.91 Å².